The number of aryl methyl sites for hydroxylation is 1. The van der Waals surface area contributed by atoms with E-state index in [4.69, 9.17) is 14.5 Å². The van der Waals surface area contributed by atoms with Crippen LogP contribution in [-0.4, -0.2) is 39.3 Å². The van der Waals surface area contributed by atoms with E-state index in [1.165, 1.54) is 12.8 Å². The van der Waals surface area contributed by atoms with Gasteiger partial charge in [0.1, 0.15) is 23.2 Å². The zero-order valence-corrected chi connectivity index (χ0v) is 17.4. The highest BCUT2D eigenvalue weighted by atomic mass is 16.5. The third-order valence-corrected chi connectivity index (χ3v) is 5.46. The average Bonchev–Trinajstić information content (AvgIpc) is 3.43. The van der Waals surface area contributed by atoms with E-state index in [0.717, 1.165) is 47.7 Å². The fraction of sp³-hybridized carbons (Fsp3) is 0.500. The van der Waals surface area contributed by atoms with Gasteiger partial charge in [-0.3, -0.25) is 4.99 Å². The minimum Gasteiger partial charge on any atom is -0.497 e. The molecular formula is C22H29N5O2. The molecule has 1 fully saturated rings. The smallest absolute Gasteiger partial charge is 0.176 e. The van der Waals surface area contributed by atoms with Crippen molar-refractivity contribution in [2.24, 2.45) is 4.99 Å². The molecule has 1 aromatic carbocycles. The maximum absolute atomic E-state index is 6.57. The third kappa shape index (κ3) is 4.05. The molecule has 0 aliphatic heterocycles. The molecule has 2 aromatic heterocycles. The van der Waals surface area contributed by atoms with Crippen LogP contribution in [0.1, 0.15) is 57.0 Å². The lowest BCUT2D eigenvalue weighted by Crippen LogP contribution is -2.16. The highest BCUT2D eigenvalue weighted by Crippen LogP contribution is 2.32. The van der Waals surface area contributed by atoms with Gasteiger partial charge in [0.25, 0.3) is 0 Å². The van der Waals surface area contributed by atoms with E-state index in [-0.39, 0.29) is 12.2 Å². The van der Waals surface area contributed by atoms with E-state index in [1.54, 1.807) is 7.11 Å². The summed E-state index contributed by atoms with van der Waals surface area (Å²) >= 11 is 0. The van der Waals surface area contributed by atoms with Gasteiger partial charge < -0.3 is 19.0 Å². The zero-order valence-electron chi connectivity index (χ0n) is 17.4. The van der Waals surface area contributed by atoms with E-state index < -0.39 is 0 Å². The first-order valence-corrected chi connectivity index (χ1v) is 10.5. The Bertz CT molecular complexity index is 1020. The van der Waals surface area contributed by atoms with E-state index in [2.05, 4.69) is 34.0 Å². The average molecular weight is 396 g/mol. The number of hydrogen-bond donors (Lipinski definition) is 1. The number of aromatic amines is 1. The molecule has 3 aromatic rings. The molecule has 0 saturated heterocycles. The van der Waals surface area contributed by atoms with Crippen molar-refractivity contribution in [2.75, 3.05) is 13.7 Å². The number of fused-ring (bicyclic) bond motifs is 1. The van der Waals surface area contributed by atoms with E-state index >= 15 is 0 Å². The molecule has 0 amide bonds. The summed E-state index contributed by atoms with van der Waals surface area (Å²) in [6, 6.07) is 8.04. The first-order valence-electron chi connectivity index (χ1n) is 10.5. The van der Waals surface area contributed by atoms with Crippen molar-refractivity contribution in [3.8, 4) is 5.75 Å². The summed E-state index contributed by atoms with van der Waals surface area (Å²) in [5.41, 5.74) is 3.47. The van der Waals surface area contributed by atoms with Crippen molar-refractivity contribution in [3.05, 3.63) is 47.5 Å². The molecule has 4 rings (SSSR count). The van der Waals surface area contributed by atoms with Crippen molar-refractivity contribution in [3.63, 3.8) is 0 Å². The summed E-state index contributed by atoms with van der Waals surface area (Å²) in [6.07, 6.45) is 6.43. The van der Waals surface area contributed by atoms with Gasteiger partial charge in [-0.2, -0.15) is 0 Å². The Morgan fingerprint density at radius 1 is 1.21 bits per heavy atom. The second kappa shape index (κ2) is 8.78. The molecule has 154 valence electrons. The molecule has 1 atom stereocenters. The second-order valence-corrected chi connectivity index (χ2v) is 7.34. The summed E-state index contributed by atoms with van der Waals surface area (Å²) < 4.78 is 13.9. The van der Waals surface area contributed by atoms with Gasteiger partial charge >= 0.3 is 0 Å². The molecule has 7 heteroatoms. The Hall–Kier alpha value is -2.67. The number of ether oxygens (including phenoxy) is 2. The maximum atomic E-state index is 6.57. The zero-order chi connectivity index (χ0) is 20.2. The third-order valence-electron chi connectivity index (χ3n) is 5.46. The van der Waals surface area contributed by atoms with Crippen LogP contribution in [0.3, 0.4) is 0 Å². The molecule has 0 radical (unpaired) electrons. The Labute approximate surface area is 170 Å². The topological polar surface area (TPSA) is 77.3 Å². The van der Waals surface area contributed by atoms with E-state index in [9.17, 15) is 0 Å². The monoisotopic (exact) mass is 395 g/mol. The lowest BCUT2D eigenvalue weighted by atomic mass is 10.1. The van der Waals surface area contributed by atoms with Crippen LogP contribution in [0.4, 0.5) is 0 Å². The molecule has 2 heterocycles. The summed E-state index contributed by atoms with van der Waals surface area (Å²) in [4.78, 5) is 17.5. The van der Waals surface area contributed by atoms with Crippen molar-refractivity contribution in [2.45, 2.75) is 58.3 Å². The van der Waals surface area contributed by atoms with Gasteiger partial charge in [0.15, 0.2) is 11.1 Å². The first kappa shape index (κ1) is 19.6. The summed E-state index contributed by atoms with van der Waals surface area (Å²) in [7, 11) is 1.68. The Morgan fingerprint density at radius 3 is 2.62 bits per heavy atom. The van der Waals surface area contributed by atoms with Crippen molar-refractivity contribution in [1.82, 2.24) is 19.5 Å². The fourth-order valence-corrected chi connectivity index (χ4v) is 3.91. The van der Waals surface area contributed by atoms with Crippen LogP contribution in [0.5, 0.6) is 5.75 Å². The minimum atomic E-state index is -0.267. The largest absolute Gasteiger partial charge is 0.497 e. The molecule has 1 N–H and O–H groups in total. The fourth-order valence-electron chi connectivity index (χ4n) is 3.91. The molecule has 1 saturated carbocycles. The Kier molecular flexibility index (Phi) is 5.94. The van der Waals surface area contributed by atoms with Crippen LogP contribution in [-0.2, 0) is 11.3 Å². The number of H-pyrrole nitrogens is 1. The van der Waals surface area contributed by atoms with Gasteiger partial charge in [-0.25, -0.2) is 9.97 Å². The highest BCUT2D eigenvalue weighted by Gasteiger charge is 2.26. The number of nitrogens with one attached hydrogen (secondary N) is 1. The van der Waals surface area contributed by atoms with Crippen LogP contribution in [0.2, 0.25) is 0 Å². The van der Waals surface area contributed by atoms with Gasteiger partial charge in [0.2, 0.25) is 0 Å². The number of rotatable bonds is 7. The number of benzene rings is 1. The predicted octanol–water partition coefficient (Wildman–Crippen LogP) is 3.76. The van der Waals surface area contributed by atoms with Crippen molar-refractivity contribution < 1.29 is 9.47 Å². The molecular weight excluding hydrogens is 366 g/mol. The highest BCUT2D eigenvalue weighted by molar-refractivity contribution is 5.69. The SMILES string of the molecule is CCN=c1ncn(CC)c2nc(C(OC3CCCC3)c3ccc(OC)cc3)[nH]c12. The number of aromatic nitrogens is 4. The summed E-state index contributed by atoms with van der Waals surface area (Å²) in [5, 5.41) is 0. The van der Waals surface area contributed by atoms with Gasteiger partial charge in [-0.05, 0) is 44.4 Å². The summed E-state index contributed by atoms with van der Waals surface area (Å²) in [5.74, 6) is 1.62. The van der Waals surface area contributed by atoms with Gasteiger partial charge in [-0.1, -0.05) is 25.0 Å². The Morgan fingerprint density at radius 2 is 1.97 bits per heavy atom. The lowest BCUT2D eigenvalue weighted by Gasteiger charge is -2.21. The second-order valence-electron chi connectivity index (χ2n) is 7.34. The number of imidazole rings is 1. The van der Waals surface area contributed by atoms with Crippen LogP contribution in [0, 0.1) is 0 Å². The van der Waals surface area contributed by atoms with Crippen molar-refractivity contribution >= 4 is 11.2 Å². The molecule has 1 aliphatic carbocycles. The minimum absolute atomic E-state index is 0.256. The van der Waals surface area contributed by atoms with E-state index in [1.807, 2.05) is 30.0 Å². The molecule has 1 aliphatic rings. The molecule has 7 nitrogen and oxygen atoms in total. The molecule has 29 heavy (non-hydrogen) atoms. The number of hydrogen-bond acceptors (Lipinski definition) is 5. The first-order chi connectivity index (χ1) is 14.2. The van der Waals surface area contributed by atoms with Crippen LogP contribution in [0.15, 0.2) is 35.6 Å². The predicted molar refractivity (Wildman–Crippen MR) is 112 cm³/mol. The molecule has 1 unspecified atom stereocenters. The Balaban J connectivity index is 1.81. The van der Waals surface area contributed by atoms with Crippen LogP contribution in [0.25, 0.3) is 11.2 Å². The van der Waals surface area contributed by atoms with Crippen LogP contribution >= 0.6 is 0 Å². The maximum Gasteiger partial charge on any atom is 0.176 e. The van der Waals surface area contributed by atoms with Crippen LogP contribution < -0.4 is 10.2 Å². The summed E-state index contributed by atoms with van der Waals surface area (Å²) in [6.45, 7) is 5.56. The van der Waals surface area contributed by atoms with Gasteiger partial charge in [0, 0.05) is 13.1 Å². The van der Waals surface area contributed by atoms with Gasteiger partial charge in [0.05, 0.1) is 19.5 Å². The number of methoxy groups -OCH3 is 1. The lowest BCUT2D eigenvalue weighted by molar-refractivity contribution is 0.00886. The number of nitrogens with zero attached hydrogens (tertiary/aromatic N) is 4. The molecule has 0 spiro atoms. The van der Waals surface area contributed by atoms with Gasteiger partial charge in [-0.15, -0.1) is 0 Å². The quantitative estimate of drug-likeness (QED) is 0.661. The van der Waals surface area contributed by atoms with E-state index in [0.29, 0.717) is 12.0 Å². The standard InChI is InChI=1S/C22H29N5O2/c1-4-23-20-18-22(27(5-2)14-24-20)26-21(25-18)19(29-17-8-6-7-9-17)15-10-12-16(28-3)13-11-15/h10-14,17,19H,4-9H2,1-3H3,(H,25,26). The molecule has 0 bridgehead atoms. The van der Waals surface area contributed by atoms with Crippen molar-refractivity contribution in [1.29, 1.82) is 0 Å². The normalized spacial score (nSPS) is 16.6.